The Bertz CT molecular complexity index is 328. The minimum atomic E-state index is 0.708. The third kappa shape index (κ3) is 3.30. The number of aromatic nitrogens is 2. The fraction of sp³-hybridized carbons (Fsp3) is 0.769. The lowest BCUT2D eigenvalue weighted by molar-refractivity contribution is 0.328. The third-order valence-corrected chi connectivity index (χ3v) is 3.73. The van der Waals surface area contributed by atoms with Gasteiger partial charge in [0.2, 0.25) is 0 Å². The fourth-order valence-corrected chi connectivity index (χ4v) is 2.78. The molecule has 3 N–H and O–H groups in total. The third-order valence-electron chi connectivity index (χ3n) is 3.73. The first kappa shape index (κ1) is 12.6. The largest absolute Gasteiger partial charge is 0.329 e. The van der Waals surface area contributed by atoms with E-state index < -0.39 is 0 Å². The van der Waals surface area contributed by atoms with Crippen molar-refractivity contribution in [1.82, 2.24) is 15.1 Å². The highest BCUT2D eigenvalue weighted by molar-refractivity contribution is 5.21. The summed E-state index contributed by atoms with van der Waals surface area (Å²) in [5, 5.41) is 7.44. The monoisotopic (exact) mass is 236 g/mol. The fourth-order valence-electron chi connectivity index (χ4n) is 2.78. The molecule has 4 nitrogen and oxygen atoms in total. The Hall–Kier alpha value is -0.870. The molecule has 0 unspecified atom stereocenters. The van der Waals surface area contributed by atoms with Crippen molar-refractivity contribution in [2.45, 2.75) is 44.6 Å². The van der Waals surface area contributed by atoms with Gasteiger partial charge in [-0.3, -0.25) is 10.00 Å². The number of H-pyrrole nitrogens is 1. The van der Waals surface area contributed by atoms with E-state index in [1.807, 2.05) is 0 Å². The van der Waals surface area contributed by atoms with Crippen LogP contribution in [-0.2, 0) is 6.54 Å². The minimum Gasteiger partial charge on any atom is -0.329 e. The Morgan fingerprint density at radius 1 is 1.41 bits per heavy atom. The molecule has 1 heterocycles. The Balaban J connectivity index is 2.00. The van der Waals surface area contributed by atoms with E-state index in [1.165, 1.54) is 43.4 Å². The molecule has 1 aromatic heterocycles. The number of hydrogen-bond donors (Lipinski definition) is 2. The van der Waals surface area contributed by atoms with Gasteiger partial charge in [-0.25, -0.2) is 0 Å². The molecule has 0 saturated heterocycles. The van der Waals surface area contributed by atoms with Crippen LogP contribution in [0.3, 0.4) is 0 Å². The van der Waals surface area contributed by atoms with Gasteiger partial charge in [0, 0.05) is 25.8 Å². The van der Waals surface area contributed by atoms with Gasteiger partial charge in [0.15, 0.2) is 0 Å². The molecule has 0 spiro atoms. The van der Waals surface area contributed by atoms with Crippen molar-refractivity contribution in [2.75, 3.05) is 20.1 Å². The summed E-state index contributed by atoms with van der Waals surface area (Å²) in [7, 11) is 2.10. The summed E-state index contributed by atoms with van der Waals surface area (Å²) in [5.74, 6) is 0.726. The van der Waals surface area contributed by atoms with Crippen LogP contribution >= 0.6 is 0 Å². The number of likely N-dealkylation sites (N-methyl/N-ethyl adjacent to an activating group) is 1. The Morgan fingerprint density at radius 2 is 2.18 bits per heavy atom. The smallest absolute Gasteiger partial charge is 0.0796 e. The van der Waals surface area contributed by atoms with Crippen LogP contribution in [0.1, 0.15) is 49.3 Å². The van der Waals surface area contributed by atoms with E-state index in [4.69, 9.17) is 5.73 Å². The number of hydrogen-bond acceptors (Lipinski definition) is 3. The summed E-state index contributed by atoms with van der Waals surface area (Å²) in [6.07, 6.45) is 8.89. The molecule has 1 aromatic rings. The van der Waals surface area contributed by atoms with Gasteiger partial charge in [-0.1, -0.05) is 19.3 Å². The summed E-state index contributed by atoms with van der Waals surface area (Å²) >= 11 is 0. The molecule has 0 aliphatic heterocycles. The summed E-state index contributed by atoms with van der Waals surface area (Å²) < 4.78 is 0. The zero-order chi connectivity index (χ0) is 12.1. The molecule has 1 aliphatic carbocycles. The highest BCUT2D eigenvalue weighted by atomic mass is 15.2. The molecule has 0 atom stereocenters. The van der Waals surface area contributed by atoms with Gasteiger partial charge in [0.1, 0.15) is 0 Å². The lowest BCUT2D eigenvalue weighted by Gasteiger charge is -2.22. The minimum absolute atomic E-state index is 0.708. The van der Waals surface area contributed by atoms with Crippen LogP contribution in [0, 0.1) is 0 Å². The summed E-state index contributed by atoms with van der Waals surface area (Å²) in [6.45, 7) is 2.54. The second-order valence-corrected chi connectivity index (χ2v) is 5.15. The van der Waals surface area contributed by atoms with Crippen LogP contribution in [0.15, 0.2) is 6.20 Å². The second kappa shape index (κ2) is 6.17. The first-order valence-electron chi connectivity index (χ1n) is 6.72. The van der Waals surface area contributed by atoms with Crippen molar-refractivity contribution in [3.05, 3.63) is 17.5 Å². The predicted molar refractivity (Wildman–Crippen MR) is 69.8 cm³/mol. The van der Waals surface area contributed by atoms with E-state index in [9.17, 15) is 0 Å². The molecule has 1 fully saturated rings. The molecular weight excluding hydrogens is 212 g/mol. The maximum Gasteiger partial charge on any atom is 0.0796 e. The highest BCUT2D eigenvalue weighted by Gasteiger charge is 2.20. The molecule has 96 valence electrons. The summed E-state index contributed by atoms with van der Waals surface area (Å²) in [4.78, 5) is 2.24. The number of aromatic amines is 1. The number of nitrogens with zero attached hydrogens (tertiary/aromatic N) is 2. The van der Waals surface area contributed by atoms with Gasteiger partial charge in [-0.15, -0.1) is 0 Å². The molecule has 0 radical (unpaired) electrons. The van der Waals surface area contributed by atoms with E-state index in [-0.39, 0.29) is 0 Å². The van der Waals surface area contributed by atoms with E-state index >= 15 is 0 Å². The average molecular weight is 236 g/mol. The first-order valence-corrected chi connectivity index (χ1v) is 6.72. The highest BCUT2D eigenvalue weighted by Crippen LogP contribution is 2.33. The van der Waals surface area contributed by atoms with Crippen LogP contribution < -0.4 is 5.73 Å². The van der Waals surface area contributed by atoms with Gasteiger partial charge >= 0.3 is 0 Å². The van der Waals surface area contributed by atoms with Gasteiger partial charge < -0.3 is 5.73 Å². The molecule has 4 heteroatoms. The van der Waals surface area contributed by atoms with Gasteiger partial charge in [0.25, 0.3) is 0 Å². The number of nitrogens with one attached hydrogen (secondary N) is 1. The van der Waals surface area contributed by atoms with E-state index in [0.29, 0.717) is 6.54 Å². The zero-order valence-electron chi connectivity index (χ0n) is 10.8. The molecule has 2 rings (SSSR count). The maximum atomic E-state index is 5.57. The van der Waals surface area contributed by atoms with Crippen molar-refractivity contribution in [1.29, 1.82) is 0 Å². The summed E-state index contributed by atoms with van der Waals surface area (Å²) in [6, 6.07) is 0. The summed E-state index contributed by atoms with van der Waals surface area (Å²) in [5.41, 5.74) is 8.22. The van der Waals surface area contributed by atoms with Crippen LogP contribution in [0.5, 0.6) is 0 Å². The van der Waals surface area contributed by atoms with E-state index in [2.05, 4.69) is 28.3 Å². The van der Waals surface area contributed by atoms with Crippen LogP contribution in [0.4, 0.5) is 0 Å². The van der Waals surface area contributed by atoms with Crippen molar-refractivity contribution in [3.8, 4) is 0 Å². The van der Waals surface area contributed by atoms with Gasteiger partial charge in [-0.05, 0) is 31.4 Å². The molecule has 0 aromatic carbocycles. The molecule has 1 aliphatic rings. The zero-order valence-corrected chi connectivity index (χ0v) is 10.8. The molecule has 1 saturated carbocycles. The van der Waals surface area contributed by atoms with Crippen molar-refractivity contribution < 1.29 is 0 Å². The van der Waals surface area contributed by atoms with Gasteiger partial charge in [-0.2, -0.15) is 5.10 Å². The second-order valence-electron chi connectivity index (χ2n) is 5.15. The van der Waals surface area contributed by atoms with Crippen molar-refractivity contribution in [2.24, 2.45) is 5.73 Å². The van der Waals surface area contributed by atoms with E-state index in [1.54, 1.807) is 0 Å². The maximum absolute atomic E-state index is 5.57. The van der Waals surface area contributed by atoms with E-state index in [0.717, 1.165) is 19.0 Å². The number of rotatable bonds is 5. The SMILES string of the molecule is CN(CCN)Cc1n[nH]cc1C1CCCCC1. The molecule has 17 heavy (non-hydrogen) atoms. The lowest BCUT2D eigenvalue weighted by Crippen LogP contribution is -2.25. The molecule has 0 bridgehead atoms. The van der Waals surface area contributed by atoms with Crippen molar-refractivity contribution >= 4 is 0 Å². The number of nitrogens with two attached hydrogens (primary N) is 1. The van der Waals surface area contributed by atoms with Crippen LogP contribution in [-0.4, -0.2) is 35.2 Å². The van der Waals surface area contributed by atoms with Crippen LogP contribution in [0.2, 0.25) is 0 Å². The quantitative estimate of drug-likeness (QED) is 0.820. The molecule has 0 amide bonds. The first-order chi connectivity index (χ1) is 8.31. The normalized spacial score (nSPS) is 17.8. The topological polar surface area (TPSA) is 57.9 Å². The average Bonchev–Trinajstić information content (AvgIpc) is 2.78. The molecular formula is C13H24N4. The Morgan fingerprint density at radius 3 is 2.88 bits per heavy atom. The Labute approximate surface area is 104 Å². The lowest BCUT2D eigenvalue weighted by atomic mass is 9.84. The Kier molecular flexibility index (Phi) is 4.57. The predicted octanol–water partition coefficient (Wildman–Crippen LogP) is 1.85. The van der Waals surface area contributed by atoms with Crippen LogP contribution in [0.25, 0.3) is 0 Å². The van der Waals surface area contributed by atoms with Gasteiger partial charge in [0.05, 0.1) is 5.69 Å². The van der Waals surface area contributed by atoms with Crippen molar-refractivity contribution in [3.63, 3.8) is 0 Å². The standard InChI is InChI=1S/C13H24N4/c1-17(8-7-14)10-13-12(9-15-16-13)11-5-3-2-4-6-11/h9,11H,2-8,10,14H2,1H3,(H,15,16).